The molecular weight excluding hydrogens is 338 g/mol. The van der Waals surface area contributed by atoms with E-state index in [9.17, 15) is 9.59 Å². The van der Waals surface area contributed by atoms with Crippen molar-refractivity contribution in [1.29, 1.82) is 0 Å². The highest BCUT2D eigenvalue weighted by Gasteiger charge is 2.11. The van der Waals surface area contributed by atoms with Crippen molar-refractivity contribution in [1.82, 2.24) is 4.98 Å². The van der Waals surface area contributed by atoms with Crippen LogP contribution < -0.4 is 5.56 Å². The highest BCUT2D eigenvalue weighted by Crippen LogP contribution is 2.31. The number of aromatic carboxylic acids is 1. The molecule has 122 valence electrons. The Hall–Kier alpha value is -3.11. The van der Waals surface area contributed by atoms with Crippen LogP contribution in [0, 0.1) is 0 Å². The highest BCUT2D eigenvalue weighted by molar-refractivity contribution is 6.32. The molecule has 0 aliphatic heterocycles. The first-order valence-electron chi connectivity index (χ1n) is 7.62. The Morgan fingerprint density at radius 3 is 2.40 bits per heavy atom. The second-order valence-electron chi connectivity index (χ2n) is 5.77. The van der Waals surface area contributed by atoms with E-state index < -0.39 is 5.97 Å². The molecule has 0 radical (unpaired) electrons. The van der Waals surface area contributed by atoms with Gasteiger partial charge in [-0.15, -0.1) is 0 Å². The zero-order valence-corrected chi connectivity index (χ0v) is 13.7. The van der Waals surface area contributed by atoms with Gasteiger partial charge in [0.15, 0.2) is 0 Å². The number of H-pyrrole nitrogens is 1. The van der Waals surface area contributed by atoms with E-state index in [2.05, 4.69) is 4.98 Å². The van der Waals surface area contributed by atoms with Crippen molar-refractivity contribution in [2.24, 2.45) is 0 Å². The van der Waals surface area contributed by atoms with Crippen molar-refractivity contribution in [2.45, 2.75) is 0 Å². The van der Waals surface area contributed by atoms with Gasteiger partial charge in [0.05, 0.1) is 10.9 Å². The molecule has 4 aromatic rings. The number of carboxylic acids is 1. The zero-order valence-electron chi connectivity index (χ0n) is 12.9. The summed E-state index contributed by atoms with van der Waals surface area (Å²) in [4.78, 5) is 26.3. The molecule has 3 aromatic carbocycles. The second kappa shape index (κ2) is 5.76. The van der Waals surface area contributed by atoms with Crippen molar-refractivity contribution in [3.05, 3.63) is 81.7 Å². The van der Waals surface area contributed by atoms with Crippen molar-refractivity contribution in [2.75, 3.05) is 0 Å². The third-order valence-corrected chi connectivity index (χ3v) is 4.53. The summed E-state index contributed by atoms with van der Waals surface area (Å²) in [7, 11) is 0. The summed E-state index contributed by atoms with van der Waals surface area (Å²) in [5, 5.41) is 12.7. The van der Waals surface area contributed by atoms with Gasteiger partial charge in [-0.3, -0.25) is 4.79 Å². The van der Waals surface area contributed by atoms with E-state index in [4.69, 9.17) is 16.7 Å². The predicted molar refractivity (Wildman–Crippen MR) is 99.5 cm³/mol. The number of carboxylic acid groups (broad SMARTS) is 1. The molecule has 1 heterocycles. The number of aromatic nitrogens is 1. The number of halogens is 1. The molecule has 0 bridgehead atoms. The van der Waals surface area contributed by atoms with E-state index in [1.807, 2.05) is 18.2 Å². The van der Waals surface area contributed by atoms with Crippen LogP contribution in [0.15, 0.2) is 65.6 Å². The third kappa shape index (κ3) is 2.57. The molecular formula is C20H12ClNO3. The summed E-state index contributed by atoms with van der Waals surface area (Å²) in [5.74, 6) is -0.974. The number of nitrogens with one attached hydrogen (secondary N) is 1. The molecule has 0 atom stereocenters. The molecule has 0 spiro atoms. The van der Waals surface area contributed by atoms with Crippen LogP contribution in [0.5, 0.6) is 0 Å². The van der Waals surface area contributed by atoms with Gasteiger partial charge in [-0.1, -0.05) is 41.9 Å². The maximum absolute atomic E-state index is 12.5. The van der Waals surface area contributed by atoms with Gasteiger partial charge >= 0.3 is 5.97 Å². The summed E-state index contributed by atoms with van der Waals surface area (Å²) in [6.45, 7) is 0. The van der Waals surface area contributed by atoms with Crippen LogP contribution in [0.3, 0.4) is 0 Å². The van der Waals surface area contributed by atoms with Gasteiger partial charge in [-0.2, -0.15) is 0 Å². The van der Waals surface area contributed by atoms with E-state index in [1.54, 1.807) is 42.6 Å². The molecule has 1 aromatic heterocycles. The molecule has 25 heavy (non-hydrogen) atoms. The standard InChI is InChI=1S/C20H12ClNO3/c21-14-7-5-11-6-8-15-17(10-22-19(23)18(15)16(11)9-14)12-1-3-13(4-2-12)20(24)25/h1-10H,(H,22,23)(H,24,25). The monoisotopic (exact) mass is 349 g/mol. The van der Waals surface area contributed by atoms with E-state index in [0.717, 1.165) is 27.3 Å². The van der Waals surface area contributed by atoms with E-state index in [1.165, 1.54) is 0 Å². The molecule has 0 saturated heterocycles. The van der Waals surface area contributed by atoms with E-state index in [-0.39, 0.29) is 11.1 Å². The molecule has 4 nitrogen and oxygen atoms in total. The highest BCUT2D eigenvalue weighted by atomic mass is 35.5. The molecule has 2 N–H and O–H groups in total. The lowest BCUT2D eigenvalue weighted by Gasteiger charge is -2.09. The number of fused-ring (bicyclic) bond motifs is 3. The van der Waals surface area contributed by atoms with E-state index in [0.29, 0.717) is 10.4 Å². The molecule has 4 rings (SSSR count). The average Bonchev–Trinajstić information content (AvgIpc) is 2.61. The van der Waals surface area contributed by atoms with Crippen molar-refractivity contribution in [3.63, 3.8) is 0 Å². The number of hydrogen-bond acceptors (Lipinski definition) is 2. The Labute approximate surface area is 147 Å². The second-order valence-corrected chi connectivity index (χ2v) is 6.20. The summed E-state index contributed by atoms with van der Waals surface area (Å²) in [6.07, 6.45) is 1.65. The van der Waals surface area contributed by atoms with Gasteiger partial charge in [0.2, 0.25) is 0 Å². The molecule has 5 heteroatoms. The van der Waals surface area contributed by atoms with Crippen LogP contribution in [0.1, 0.15) is 10.4 Å². The van der Waals surface area contributed by atoms with Crippen molar-refractivity contribution >= 4 is 39.1 Å². The number of pyridine rings is 1. The van der Waals surface area contributed by atoms with Crippen LogP contribution in [-0.4, -0.2) is 16.1 Å². The van der Waals surface area contributed by atoms with Crippen molar-refractivity contribution in [3.8, 4) is 11.1 Å². The molecule has 0 unspecified atom stereocenters. The van der Waals surface area contributed by atoms with Crippen LogP contribution >= 0.6 is 11.6 Å². The molecule has 0 fully saturated rings. The van der Waals surface area contributed by atoms with Crippen LogP contribution in [-0.2, 0) is 0 Å². The fourth-order valence-corrected chi connectivity index (χ4v) is 3.25. The number of hydrogen-bond donors (Lipinski definition) is 2. The maximum Gasteiger partial charge on any atom is 0.335 e. The van der Waals surface area contributed by atoms with Crippen LogP contribution in [0.2, 0.25) is 5.02 Å². The molecule has 0 amide bonds. The van der Waals surface area contributed by atoms with Gasteiger partial charge in [-0.25, -0.2) is 4.79 Å². The first-order chi connectivity index (χ1) is 12.0. The Balaban J connectivity index is 2.04. The van der Waals surface area contributed by atoms with E-state index >= 15 is 0 Å². The number of benzene rings is 3. The first kappa shape index (κ1) is 15.4. The Bertz CT molecular complexity index is 1190. The fraction of sp³-hybridized carbons (Fsp3) is 0. The normalized spacial score (nSPS) is 11.1. The minimum Gasteiger partial charge on any atom is -0.478 e. The van der Waals surface area contributed by atoms with Gasteiger partial charge in [0.1, 0.15) is 0 Å². The quantitative estimate of drug-likeness (QED) is 0.515. The minimum atomic E-state index is -0.974. The average molecular weight is 350 g/mol. The number of rotatable bonds is 2. The molecule has 0 aliphatic rings. The Morgan fingerprint density at radius 1 is 0.960 bits per heavy atom. The third-order valence-electron chi connectivity index (χ3n) is 4.29. The largest absolute Gasteiger partial charge is 0.478 e. The number of carbonyl (C=O) groups is 1. The summed E-state index contributed by atoms with van der Waals surface area (Å²) in [6, 6.07) is 15.9. The van der Waals surface area contributed by atoms with Crippen LogP contribution in [0.25, 0.3) is 32.7 Å². The maximum atomic E-state index is 12.5. The van der Waals surface area contributed by atoms with Crippen LogP contribution in [0.4, 0.5) is 0 Å². The fourth-order valence-electron chi connectivity index (χ4n) is 3.08. The molecule has 0 aliphatic carbocycles. The molecule has 0 saturated carbocycles. The lowest BCUT2D eigenvalue weighted by atomic mass is 9.96. The number of aromatic amines is 1. The summed E-state index contributed by atoms with van der Waals surface area (Å²) < 4.78 is 0. The lowest BCUT2D eigenvalue weighted by molar-refractivity contribution is 0.0697. The summed E-state index contributed by atoms with van der Waals surface area (Å²) >= 11 is 6.11. The van der Waals surface area contributed by atoms with Gasteiger partial charge in [0.25, 0.3) is 5.56 Å². The SMILES string of the molecule is O=C(O)c1ccc(-c2c[nH]c(=O)c3c2ccc2ccc(Cl)cc23)cc1. The lowest BCUT2D eigenvalue weighted by Crippen LogP contribution is -2.06. The zero-order chi connectivity index (χ0) is 17.6. The Kier molecular flexibility index (Phi) is 3.55. The Morgan fingerprint density at radius 2 is 1.68 bits per heavy atom. The van der Waals surface area contributed by atoms with Gasteiger partial charge < -0.3 is 10.1 Å². The minimum absolute atomic E-state index is 0.186. The van der Waals surface area contributed by atoms with Gasteiger partial charge in [-0.05, 0) is 46.0 Å². The first-order valence-corrected chi connectivity index (χ1v) is 8.00. The van der Waals surface area contributed by atoms with Crippen molar-refractivity contribution < 1.29 is 9.90 Å². The predicted octanol–water partition coefficient (Wildman–Crippen LogP) is 4.70. The van der Waals surface area contributed by atoms with Gasteiger partial charge in [0, 0.05) is 16.8 Å². The smallest absolute Gasteiger partial charge is 0.335 e. The summed E-state index contributed by atoms with van der Waals surface area (Å²) in [5.41, 5.74) is 1.68. The topological polar surface area (TPSA) is 70.2 Å².